The monoisotopic (exact) mass is 301 g/mol. The smallest absolute Gasteiger partial charge is 0.406 e. The number of ether oxygens (including phenoxy) is 1. The van der Waals surface area contributed by atoms with Gasteiger partial charge >= 0.3 is 6.36 Å². The minimum Gasteiger partial charge on any atom is -0.406 e. The first-order chi connectivity index (χ1) is 10.0. The molecule has 0 spiro atoms. The molecule has 21 heavy (non-hydrogen) atoms. The molecule has 0 aliphatic heterocycles. The van der Waals surface area contributed by atoms with E-state index in [2.05, 4.69) is 10.1 Å². The van der Waals surface area contributed by atoms with Crippen LogP contribution in [0.1, 0.15) is 44.1 Å². The average Bonchev–Trinajstić information content (AvgIpc) is 2.90. The van der Waals surface area contributed by atoms with Crippen LogP contribution in [-0.4, -0.2) is 12.9 Å². The lowest BCUT2D eigenvalue weighted by Gasteiger charge is -2.11. The average molecular weight is 301 g/mol. The minimum absolute atomic E-state index is 0.159. The zero-order valence-corrected chi connectivity index (χ0v) is 12.1. The fourth-order valence-corrected chi connectivity index (χ4v) is 2.90. The van der Waals surface area contributed by atoms with E-state index in [1.807, 2.05) is 0 Å². The van der Waals surface area contributed by atoms with Crippen LogP contribution in [0.2, 0.25) is 0 Å². The molecule has 1 aromatic carbocycles. The summed E-state index contributed by atoms with van der Waals surface area (Å²) in [5, 5.41) is 3.28. The largest absolute Gasteiger partial charge is 0.573 e. The van der Waals surface area contributed by atoms with Crippen LogP contribution in [-0.2, 0) is 6.54 Å². The third-order valence-electron chi connectivity index (χ3n) is 3.90. The Morgan fingerprint density at radius 1 is 1.19 bits per heavy atom. The van der Waals surface area contributed by atoms with Crippen molar-refractivity contribution in [3.63, 3.8) is 0 Å². The van der Waals surface area contributed by atoms with Crippen LogP contribution in [0.3, 0.4) is 0 Å². The summed E-state index contributed by atoms with van der Waals surface area (Å²) >= 11 is 0. The van der Waals surface area contributed by atoms with Gasteiger partial charge in [0.15, 0.2) is 0 Å². The second-order valence-electron chi connectivity index (χ2n) is 5.66. The predicted octanol–water partition coefficient (Wildman–Crippen LogP) is 4.65. The third kappa shape index (κ3) is 6.38. The summed E-state index contributed by atoms with van der Waals surface area (Å²) in [6.07, 6.45) is 3.20. The van der Waals surface area contributed by atoms with Crippen molar-refractivity contribution in [3.05, 3.63) is 29.8 Å². The van der Waals surface area contributed by atoms with E-state index < -0.39 is 6.36 Å². The van der Waals surface area contributed by atoms with Gasteiger partial charge in [0.25, 0.3) is 0 Å². The Balaban J connectivity index is 1.66. The molecule has 5 heteroatoms. The van der Waals surface area contributed by atoms with E-state index in [9.17, 15) is 13.2 Å². The van der Waals surface area contributed by atoms with Gasteiger partial charge in [0.1, 0.15) is 5.75 Å². The SMILES string of the molecule is FC(F)(F)Oc1cccc(CNCCCC2CCCC2)c1. The quantitative estimate of drug-likeness (QED) is 0.740. The molecule has 2 rings (SSSR count). The van der Waals surface area contributed by atoms with Crippen molar-refractivity contribution in [1.82, 2.24) is 5.32 Å². The second kappa shape index (κ2) is 7.69. The molecule has 118 valence electrons. The highest BCUT2D eigenvalue weighted by atomic mass is 19.4. The summed E-state index contributed by atoms with van der Waals surface area (Å²) in [5.41, 5.74) is 0.803. The van der Waals surface area contributed by atoms with Gasteiger partial charge in [-0.2, -0.15) is 0 Å². The lowest BCUT2D eigenvalue weighted by Crippen LogP contribution is -2.18. The van der Waals surface area contributed by atoms with E-state index in [1.165, 1.54) is 44.2 Å². The number of rotatable bonds is 7. The number of hydrogen-bond donors (Lipinski definition) is 1. The summed E-state index contributed by atoms with van der Waals surface area (Å²) in [6.45, 7) is 1.47. The lowest BCUT2D eigenvalue weighted by atomic mass is 10.0. The first kappa shape index (κ1) is 16.1. The lowest BCUT2D eigenvalue weighted by molar-refractivity contribution is -0.274. The Bertz CT molecular complexity index is 428. The molecule has 0 unspecified atom stereocenters. The summed E-state index contributed by atoms with van der Waals surface area (Å²) < 4.78 is 40.3. The topological polar surface area (TPSA) is 21.3 Å². The highest BCUT2D eigenvalue weighted by molar-refractivity contribution is 5.28. The van der Waals surface area contributed by atoms with Crippen molar-refractivity contribution in [2.45, 2.75) is 51.4 Å². The molecule has 2 nitrogen and oxygen atoms in total. The van der Waals surface area contributed by atoms with Gasteiger partial charge in [-0.05, 0) is 43.0 Å². The number of nitrogens with one attached hydrogen (secondary N) is 1. The van der Waals surface area contributed by atoms with E-state index in [1.54, 1.807) is 12.1 Å². The van der Waals surface area contributed by atoms with E-state index in [-0.39, 0.29) is 5.75 Å². The van der Waals surface area contributed by atoms with Gasteiger partial charge in [-0.1, -0.05) is 37.8 Å². The van der Waals surface area contributed by atoms with Crippen molar-refractivity contribution in [3.8, 4) is 5.75 Å². The number of halogens is 3. The zero-order chi connectivity index (χ0) is 15.1. The summed E-state index contributed by atoms with van der Waals surface area (Å²) in [5.74, 6) is 0.725. The maximum absolute atomic E-state index is 12.1. The van der Waals surface area contributed by atoms with Crippen molar-refractivity contribution < 1.29 is 17.9 Å². The Kier molecular flexibility index (Phi) is 5.91. The van der Waals surface area contributed by atoms with Crippen LogP contribution in [0, 0.1) is 5.92 Å². The molecular formula is C16H22F3NO. The molecular weight excluding hydrogens is 279 g/mol. The van der Waals surface area contributed by atoms with E-state index in [0.717, 1.165) is 24.4 Å². The van der Waals surface area contributed by atoms with Gasteiger partial charge in [0, 0.05) is 6.54 Å². The molecule has 0 heterocycles. The molecule has 0 saturated heterocycles. The molecule has 1 N–H and O–H groups in total. The van der Waals surface area contributed by atoms with E-state index in [0.29, 0.717) is 6.54 Å². The van der Waals surface area contributed by atoms with Gasteiger partial charge in [-0.25, -0.2) is 0 Å². The summed E-state index contributed by atoms with van der Waals surface area (Å²) in [7, 11) is 0. The van der Waals surface area contributed by atoms with Gasteiger partial charge in [0.2, 0.25) is 0 Å². The van der Waals surface area contributed by atoms with Gasteiger partial charge in [-0.3, -0.25) is 0 Å². The molecule has 0 atom stereocenters. The molecule has 1 aliphatic rings. The fraction of sp³-hybridized carbons (Fsp3) is 0.625. The third-order valence-corrected chi connectivity index (χ3v) is 3.90. The van der Waals surface area contributed by atoms with Crippen molar-refractivity contribution in [2.75, 3.05) is 6.54 Å². The molecule has 1 saturated carbocycles. The molecule has 1 aliphatic carbocycles. The standard InChI is InChI=1S/C16H22F3NO/c17-16(18,19)21-15-9-3-7-14(11-15)12-20-10-4-8-13-5-1-2-6-13/h3,7,9,11,13,20H,1-2,4-6,8,10,12H2. The summed E-state index contributed by atoms with van der Waals surface area (Å²) in [6, 6.07) is 6.12. The fourth-order valence-electron chi connectivity index (χ4n) is 2.90. The molecule has 1 fully saturated rings. The Hall–Kier alpha value is -1.23. The van der Waals surface area contributed by atoms with Crippen LogP contribution in [0.5, 0.6) is 5.75 Å². The Labute approximate surface area is 123 Å². The van der Waals surface area contributed by atoms with E-state index in [4.69, 9.17) is 0 Å². The maximum atomic E-state index is 12.1. The van der Waals surface area contributed by atoms with Gasteiger partial charge < -0.3 is 10.1 Å². The van der Waals surface area contributed by atoms with Crippen LogP contribution in [0.4, 0.5) is 13.2 Å². The number of hydrogen-bond acceptors (Lipinski definition) is 2. The maximum Gasteiger partial charge on any atom is 0.573 e. The molecule has 0 aromatic heterocycles. The second-order valence-corrected chi connectivity index (χ2v) is 5.66. The Morgan fingerprint density at radius 2 is 1.95 bits per heavy atom. The highest BCUT2D eigenvalue weighted by Gasteiger charge is 2.31. The first-order valence-electron chi connectivity index (χ1n) is 7.58. The predicted molar refractivity (Wildman–Crippen MR) is 76.0 cm³/mol. The Morgan fingerprint density at radius 3 is 2.67 bits per heavy atom. The molecule has 1 aromatic rings. The van der Waals surface area contributed by atoms with Gasteiger partial charge in [0.05, 0.1) is 0 Å². The first-order valence-corrected chi connectivity index (χ1v) is 7.58. The van der Waals surface area contributed by atoms with Crippen LogP contribution in [0.15, 0.2) is 24.3 Å². The van der Waals surface area contributed by atoms with Crippen LogP contribution >= 0.6 is 0 Å². The number of alkyl halides is 3. The summed E-state index contributed by atoms with van der Waals surface area (Å²) in [4.78, 5) is 0. The zero-order valence-electron chi connectivity index (χ0n) is 12.1. The van der Waals surface area contributed by atoms with E-state index >= 15 is 0 Å². The van der Waals surface area contributed by atoms with Crippen LogP contribution < -0.4 is 10.1 Å². The number of benzene rings is 1. The van der Waals surface area contributed by atoms with Crippen molar-refractivity contribution >= 4 is 0 Å². The normalized spacial score (nSPS) is 16.3. The minimum atomic E-state index is -4.63. The molecule has 0 amide bonds. The van der Waals surface area contributed by atoms with Crippen molar-refractivity contribution in [2.24, 2.45) is 5.92 Å². The van der Waals surface area contributed by atoms with Crippen LogP contribution in [0.25, 0.3) is 0 Å². The van der Waals surface area contributed by atoms with Gasteiger partial charge in [-0.15, -0.1) is 13.2 Å². The molecule has 0 bridgehead atoms. The molecule has 0 radical (unpaired) electrons. The van der Waals surface area contributed by atoms with Crippen molar-refractivity contribution in [1.29, 1.82) is 0 Å². The highest BCUT2D eigenvalue weighted by Crippen LogP contribution is 2.28.